The van der Waals surface area contributed by atoms with Gasteiger partial charge in [0.05, 0.1) is 0 Å². The van der Waals surface area contributed by atoms with E-state index >= 15 is 0 Å². The summed E-state index contributed by atoms with van der Waals surface area (Å²) in [5, 5.41) is 9.46. The molecule has 0 aliphatic carbocycles. The zero-order valence-electron chi connectivity index (χ0n) is 16.0. The maximum atomic E-state index is 12.8. The summed E-state index contributed by atoms with van der Waals surface area (Å²) in [6.07, 6.45) is 0.357. The minimum absolute atomic E-state index is 0.0205. The van der Waals surface area contributed by atoms with Gasteiger partial charge in [0.25, 0.3) is 12.2 Å². The van der Waals surface area contributed by atoms with Crippen molar-refractivity contribution in [2.45, 2.75) is 38.5 Å². The summed E-state index contributed by atoms with van der Waals surface area (Å²) < 4.78 is 5.11. The SMILES string of the molecule is CC(=O)C(O)Oc1ccc(C(=O)N2CCC(c3cccc(CN)c3)CC2)cc1. The number of ether oxygens (including phenoxy) is 1. The number of hydrogen-bond acceptors (Lipinski definition) is 5. The second kappa shape index (κ2) is 8.99. The first kappa shape index (κ1) is 20.0. The molecule has 1 fully saturated rings. The van der Waals surface area contributed by atoms with E-state index in [1.165, 1.54) is 12.5 Å². The fourth-order valence-corrected chi connectivity index (χ4v) is 3.46. The normalized spacial score (nSPS) is 15.9. The lowest BCUT2D eigenvalue weighted by atomic mass is 9.88. The fraction of sp³-hybridized carbons (Fsp3) is 0.364. The van der Waals surface area contributed by atoms with E-state index < -0.39 is 12.1 Å². The van der Waals surface area contributed by atoms with Crippen LogP contribution in [0.4, 0.5) is 0 Å². The Morgan fingerprint density at radius 2 is 1.86 bits per heavy atom. The molecular weight excluding hydrogens is 356 g/mol. The van der Waals surface area contributed by atoms with Crippen LogP contribution in [0.15, 0.2) is 48.5 Å². The number of carbonyl (C=O) groups excluding carboxylic acids is 2. The minimum Gasteiger partial charge on any atom is -0.458 e. The Bertz CT molecular complexity index is 827. The van der Waals surface area contributed by atoms with E-state index in [-0.39, 0.29) is 5.91 Å². The number of nitrogens with two attached hydrogens (primary N) is 1. The molecule has 2 aromatic rings. The van der Waals surface area contributed by atoms with Crippen LogP contribution >= 0.6 is 0 Å². The maximum Gasteiger partial charge on any atom is 0.257 e. The van der Waals surface area contributed by atoms with Crippen molar-refractivity contribution in [3.05, 3.63) is 65.2 Å². The van der Waals surface area contributed by atoms with Crippen LogP contribution in [0.1, 0.15) is 47.2 Å². The lowest BCUT2D eigenvalue weighted by molar-refractivity contribution is -0.138. The first-order valence-electron chi connectivity index (χ1n) is 9.51. The molecule has 2 aromatic carbocycles. The number of benzene rings is 2. The van der Waals surface area contributed by atoms with Crippen LogP contribution in [-0.4, -0.2) is 41.1 Å². The van der Waals surface area contributed by atoms with Gasteiger partial charge >= 0.3 is 0 Å². The third kappa shape index (κ3) is 4.77. The molecule has 1 aliphatic rings. The van der Waals surface area contributed by atoms with Crippen molar-refractivity contribution in [2.75, 3.05) is 13.1 Å². The van der Waals surface area contributed by atoms with Crippen LogP contribution < -0.4 is 10.5 Å². The number of aliphatic hydroxyl groups excluding tert-OH is 1. The number of rotatable bonds is 6. The molecule has 0 spiro atoms. The monoisotopic (exact) mass is 382 g/mol. The zero-order chi connectivity index (χ0) is 20.1. The average molecular weight is 382 g/mol. The first-order valence-corrected chi connectivity index (χ1v) is 9.51. The highest BCUT2D eigenvalue weighted by Crippen LogP contribution is 2.29. The molecule has 0 radical (unpaired) electrons. The third-order valence-corrected chi connectivity index (χ3v) is 5.14. The molecule has 28 heavy (non-hydrogen) atoms. The number of aliphatic hydroxyl groups is 1. The van der Waals surface area contributed by atoms with Crippen molar-refractivity contribution in [3.8, 4) is 5.75 Å². The van der Waals surface area contributed by atoms with Crippen molar-refractivity contribution in [1.82, 2.24) is 4.90 Å². The molecule has 0 bridgehead atoms. The van der Waals surface area contributed by atoms with E-state index in [1.807, 2.05) is 17.0 Å². The predicted molar refractivity (Wildman–Crippen MR) is 106 cm³/mol. The van der Waals surface area contributed by atoms with E-state index in [1.54, 1.807) is 24.3 Å². The van der Waals surface area contributed by atoms with Crippen LogP contribution in [0.5, 0.6) is 5.75 Å². The maximum absolute atomic E-state index is 12.8. The minimum atomic E-state index is -1.49. The van der Waals surface area contributed by atoms with Gasteiger partial charge in [0.15, 0.2) is 5.78 Å². The molecule has 6 nitrogen and oxygen atoms in total. The molecule has 0 saturated carbocycles. The molecule has 1 amide bonds. The molecule has 1 unspecified atom stereocenters. The Morgan fingerprint density at radius 1 is 1.18 bits per heavy atom. The molecule has 1 heterocycles. The second-order valence-electron chi connectivity index (χ2n) is 7.12. The topological polar surface area (TPSA) is 92.9 Å². The van der Waals surface area contributed by atoms with Gasteiger partial charge in [-0.1, -0.05) is 24.3 Å². The van der Waals surface area contributed by atoms with Gasteiger partial charge in [-0.15, -0.1) is 0 Å². The molecule has 3 rings (SSSR count). The Hall–Kier alpha value is -2.70. The Morgan fingerprint density at radius 3 is 2.46 bits per heavy atom. The van der Waals surface area contributed by atoms with Crippen LogP contribution in [-0.2, 0) is 11.3 Å². The number of nitrogens with zero attached hydrogens (tertiary/aromatic N) is 1. The number of piperidine rings is 1. The highest BCUT2D eigenvalue weighted by Gasteiger charge is 2.24. The smallest absolute Gasteiger partial charge is 0.257 e. The number of likely N-dealkylation sites (tertiary alicyclic amines) is 1. The molecule has 148 valence electrons. The van der Waals surface area contributed by atoms with Gasteiger partial charge in [-0.25, -0.2) is 0 Å². The van der Waals surface area contributed by atoms with E-state index in [0.717, 1.165) is 18.4 Å². The lowest BCUT2D eigenvalue weighted by Gasteiger charge is -2.32. The van der Waals surface area contributed by atoms with Crippen molar-refractivity contribution < 1.29 is 19.4 Å². The molecular formula is C22H26N2O4. The number of ketones is 1. The second-order valence-corrected chi connectivity index (χ2v) is 7.12. The first-order chi connectivity index (χ1) is 13.5. The number of amides is 1. The summed E-state index contributed by atoms with van der Waals surface area (Å²) in [4.78, 5) is 25.7. The van der Waals surface area contributed by atoms with Crippen molar-refractivity contribution >= 4 is 11.7 Å². The van der Waals surface area contributed by atoms with Gasteiger partial charge in [0, 0.05) is 32.1 Å². The standard InChI is InChI=1S/C22H26N2O4/c1-15(25)22(27)28-20-7-5-18(6-8-20)21(26)24-11-9-17(10-12-24)19-4-2-3-16(13-19)14-23/h2-8,13,17,22,27H,9-12,14,23H2,1H3. The quantitative estimate of drug-likeness (QED) is 0.749. The van der Waals surface area contributed by atoms with E-state index in [4.69, 9.17) is 10.5 Å². The van der Waals surface area contributed by atoms with Crippen molar-refractivity contribution in [2.24, 2.45) is 5.73 Å². The Labute approximate surface area is 164 Å². The van der Waals surface area contributed by atoms with Gasteiger partial charge in [0.2, 0.25) is 0 Å². The molecule has 6 heteroatoms. The fourth-order valence-electron chi connectivity index (χ4n) is 3.46. The summed E-state index contributed by atoms with van der Waals surface area (Å²) in [5.41, 5.74) is 8.72. The summed E-state index contributed by atoms with van der Waals surface area (Å²) in [5.74, 6) is 0.296. The number of carbonyl (C=O) groups is 2. The number of hydrogen-bond donors (Lipinski definition) is 2. The average Bonchev–Trinajstić information content (AvgIpc) is 2.74. The van der Waals surface area contributed by atoms with Gasteiger partial charge < -0.3 is 20.5 Å². The van der Waals surface area contributed by atoms with Crippen LogP contribution in [0.25, 0.3) is 0 Å². The van der Waals surface area contributed by atoms with E-state index in [0.29, 0.717) is 36.9 Å². The Kier molecular flexibility index (Phi) is 6.44. The summed E-state index contributed by atoms with van der Waals surface area (Å²) in [6, 6.07) is 14.9. The third-order valence-electron chi connectivity index (χ3n) is 5.14. The van der Waals surface area contributed by atoms with Gasteiger partial charge in [0.1, 0.15) is 5.75 Å². The molecule has 1 atom stereocenters. The molecule has 0 aromatic heterocycles. The molecule has 1 saturated heterocycles. The van der Waals surface area contributed by atoms with Gasteiger partial charge in [-0.05, 0) is 54.2 Å². The zero-order valence-corrected chi connectivity index (χ0v) is 16.0. The van der Waals surface area contributed by atoms with E-state index in [2.05, 4.69) is 12.1 Å². The number of Topliss-reactive ketones (excluding diaryl/α,β-unsaturated/α-hetero) is 1. The largest absolute Gasteiger partial charge is 0.458 e. The van der Waals surface area contributed by atoms with Crippen molar-refractivity contribution in [3.63, 3.8) is 0 Å². The van der Waals surface area contributed by atoms with Gasteiger partial charge in [-0.3, -0.25) is 9.59 Å². The van der Waals surface area contributed by atoms with Gasteiger partial charge in [-0.2, -0.15) is 0 Å². The summed E-state index contributed by atoms with van der Waals surface area (Å²) in [7, 11) is 0. The van der Waals surface area contributed by atoms with Crippen LogP contribution in [0.3, 0.4) is 0 Å². The van der Waals surface area contributed by atoms with Crippen molar-refractivity contribution in [1.29, 1.82) is 0 Å². The highest BCUT2D eigenvalue weighted by atomic mass is 16.6. The van der Waals surface area contributed by atoms with Crippen LogP contribution in [0.2, 0.25) is 0 Å². The van der Waals surface area contributed by atoms with Crippen LogP contribution in [0, 0.1) is 0 Å². The van der Waals surface area contributed by atoms with E-state index in [9.17, 15) is 14.7 Å². The summed E-state index contributed by atoms with van der Waals surface area (Å²) >= 11 is 0. The lowest BCUT2D eigenvalue weighted by Crippen LogP contribution is -2.37. The predicted octanol–water partition coefficient (Wildman–Crippen LogP) is 2.45. The highest BCUT2D eigenvalue weighted by molar-refractivity contribution is 5.94. The molecule has 1 aliphatic heterocycles. The molecule has 3 N–H and O–H groups in total. The Balaban J connectivity index is 1.58. The summed E-state index contributed by atoms with van der Waals surface area (Å²) in [6.45, 7) is 3.20.